The summed E-state index contributed by atoms with van der Waals surface area (Å²) in [4.78, 5) is 19.9. The number of ether oxygens (including phenoxy) is 1. The first-order chi connectivity index (χ1) is 14.2. The molecule has 0 aliphatic carbocycles. The van der Waals surface area contributed by atoms with Crippen LogP contribution in [-0.4, -0.2) is 47.7 Å². The second-order valence-electron chi connectivity index (χ2n) is 7.15. The van der Waals surface area contributed by atoms with Crippen LogP contribution < -0.4 is 10.6 Å². The van der Waals surface area contributed by atoms with Crippen molar-refractivity contribution in [1.29, 1.82) is 5.26 Å². The van der Waals surface area contributed by atoms with Crippen molar-refractivity contribution in [1.82, 2.24) is 20.6 Å². The van der Waals surface area contributed by atoms with Crippen molar-refractivity contribution in [3.8, 4) is 17.3 Å². The first kappa shape index (κ1) is 19.1. The molecule has 1 aliphatic heterocycles. The molecule has 1 amide bonds. The number of hydrogen-bond acceptors (Lipinski definition) is 5. The fourth-order valence-electron chi connectivity index (χ4n) is 3.46. The lowest BCUT2D eigenvalue weighted by molar-refractivity contribution is -0.132. The zero-order chi connectivity index (χ0) is 20.1. The lowest BCUT2D eigenvalue weighted by Gasteiger charge is -2.18. The molecule has 3 aromatic rings. The Kier molecular flexibility index (Phi) is 5.84. The summed E-state index contributed by atoms with van der Waals surface area (Å²) < 4.78 is 5.56. The van der Waals surface area contributed by atoms with Crippen LogP contribution in [0.15, 0.2) is 48.8 Å². The third kappa shape index (κ3) is 4.62. The maximum absolute atomic E-state index is 12.4. The van der Waals surface area contributed by atoms with Crippen LogP contribution in [0.2, 0.25) is 0 Å². The Bertz CT molecular complexity index is 981. The van der Waals surface area contributed by atoms with Crippen LogP contribution >= 0.6 is 0 Å². The Balaban J connectivity index is 1.40. The highest BCUT2D eigenvalue weighted by Crippen LogP contribution is 2.24. The molecular formula is C22H23N5O2. The molecule has 0 spiro atoms. The number of hydrogen-bond donors (Lipinski definition) is 3. The van der Waals surface area contributed by atoms with Gasteiger partial charge in [-0.05, 0) is 36.2 Å². The molecule has 1 saturated heterocycles. The average molecular weight is 389 g/mol. The zero-order valence-electron chi connectivity index (χ0n) is 16.0. The highest BCUT2D eigenvalue weighted by Gasteiger charge is 2.23. The van der Waals surface area contributed by atoms with Crippen LogP contribution in [-0.2, 0) is 16.0 Å². The number of rotatable bonds is 5. The van der Waals surface area contributed by atoms with Gasteiger partial charge in [0.15, 0.2) is 0 Å². The van der Waals surface area contributed by atoms with E-state index in [9.17, 15) is 10.1 Å². The number of aromatic amines is 1. The molecule has 0 bridgehead atoms. The predicted octanol–water partition coefficient (Wildman–Crippen LogP) is 2.16. The van der Waals surface area contributed by atoms with E-state index in [4.69, 9.17) is 4.74 Å². The van der Waals surface area contributed by atoms with E-state index in [1.165, 1.54) is 0 Å². The molecule has 3 heterocycles. The Morgan fingerprint density at radius 3 is 3.00 bits per heavy atom. The number of nitrogens with one attached hydrogen (secondary N) is 3. The van der Waals surface area contributed by atoms with Gasteiger partial charge < -0.3 is 20.4 Å². The second kappa shape index (κ2) is 8.86. The molecule has 7 heteroatoms. The van der Waals surface area contributed by atoms with Crippen molar-refractivity contribution >= 4 is 16.8 Å². The molecule has 1 aromatic carbocycles. The van der Waals surface area contributed by atoms with Gasteiger partial charge in [-0.2, -0.15) is 5.26 Å². The van der Waals surface area contributed by atoms with E-state index in [0.29, 0.717) is 19.6 Å². The summed E-state index contributed by atoms with van der Waals surface area (Å²) >= 11 is 0. The molecule has 7 nitrogen and oxygen atoms in total. The molecule has 2 aromatic heterocycles. The third-order valence-corrected chi connectivity index (χ3v) is 5.04. The molecular weight excluding hydrogens is 366 g/mol. The van der Waals surface area contributed by atoms with E-state index in [2.05, 4.69) is 32.7 Å². The smallest absolute Gasteiger partial charge is 0.251 e. The summed E-state index contributed by atoms with van der Waals surface area (Å²) in [5, 5.41) is 16.6. The van der Waals surface area contributed by atoms with Gasteiger partial charge in [-0.3, -0.25) is 9.78 Å². The van der Waals surface area contributed by atoms with Crippen molar-refractivity contribution < 1.29 is 9.53 Å². The van der Waals surface area contributed by atoms with E-state index >= 15 is 0 Å². The van der Waals surface area contributed by atoms with Gasteiger partial charge in [0, 0.05) is 36.8 Å². The van der Waals surface area contributed by atoms with Crippen molar-refractivity contribution in [3.63, 3.8) is 0 Å². The summed E-state index contributed by atoms with van der Waals surface area (Å²) in [6.45, 7) is 1.86. The number of nitriles is 1. The molecule has 3 N–H and O–H groups in total. The Morgan fingerprint density at radius 2 is 2.21 bits per heavy atom. The summed E-state index contributed by atoms with van der Waals surface area (Å²) in [6, 6.07) is 13.6. The molecule has 0 saturated carbocycles. The number of benzene rings is 1. The predicted molar refractivity (Wildman–Crippen MR) is 110 cm³/mol. The number of aromatic nitrogens is 2. The summed E-state index contributed by atoms with van der Waals surface area (Å²) in [5.41, 5.74) is 4.05. The lowest BCUT2D eigenvalue weighted by Crippen LogP contribution is -2.46. The van der Waals surface area contributed by atoms with Gasteiger partial charge in [0.05, 0.1) is 17.8 Å². The third-order valence-electron chi connectivity index (χ3n) is 5.04. The minimum atomic E-state index is -0.598. The number of amides is 1. The van der Waals surface area contributed by atoms with Crippen molar-refractivity contribution in [2.24, 2.45) is 0 Å². The molecule has 4 rings (SSSR count). The van der Waals surface area contributed by atoms with Crippen molar-refractivity contribution in [3.05, 3.63) is 54.4 Å². The van der Waals surface area contributed by atoms with Crippen LogP contribution in [0.25, 0.3) is 22.2 Å². The first-order valence-corrected chi connectivity index (χ1v) is 9.77. The van der Waals surface area contributed by atoms with Gasteiger partial charge in [-0.15, -0.1) is 0 Å². The second-order valence-corrected chi connectivity index (χ2v) is 7.15. The molecule has 2 atom stereocenters. The maximum Gasteiger partial charge on any atom is 0.251 e. The van der Waals surface area contributed by atoms with E-state index in [1.807, 2.05) is 30.3 Å². The minimum absolute atomic E-state index is 0.241. The number of fused-ring (bicyclic) bond motifs is 1. The number of pyridine rings is 1. The van der Waals surface area contributed by atoms with Crippen molar-refractivity contribution in [2.45, 2.75) is 25.0 Å². The Labute approximate surface area is 169 Å². The minimum Gasteiger partial charge on any atom is -0.367 e. The van der Waals surface area contributed by atoms with Crippen molar-refractivity contribution in [2.75, 3.05) is 19.7 Å². The quantitative estimate of drug-likeness (QED) is 0.621. The van der Waals surface area contributed by atoms with Gasteiger partial charge in [0.25, 0.3) is 5.91 Å². The monoisotopic (exact) mass is 389 g/mol. The summed E-state index contributed by atoms with van der Waals surface area (Å²) in [5.74, 6) is -0.241. The molecule has 1 fully saturated rings. The molecule has 29 heavy (non-hydrogen) atoms. The van der Waals surface area contributed by atoms with E-state index in [1.54, 1.807) is 12.4 Å². The summed E-state index contributed by atoms with van der Waals surface area (Å²) in [6.07, 6.45) is 4.35. The molecule has 0 radical (unpaired) electrons. The standard InChI is InChI=1S/C22H23N5O2/c23-12-18(26-22(28)21-14-24-7-1-9-29-21)10-15-2-4-16(5-3-15)19-11-17-6-8-25-13-20(17)27-19/h2-6,8,11,13,18,21,24,27H,1,7,9-10,14H2,(H,26,28)/t18-,21-/m0/s1. The number of H-pyrrole nitrogens is 1. The number of carbonyl (C=O) groups excluding carboxylic acids is 1. The number of nitrogens with zero attached hydrogens (tertiary/aromatic N) is 2. The highest BCUT2D eigenvalue weighted by atomic mass is 16.5. The molecule has 1 aliphatic rings. The van der Waals surface area contributed by atoms with Gasteiger partial charge in [0.2, 0.25) is 0 Å². The van der Waals surface area contributed by atoms with Gasteiger partial charge in [-0.25, -0.2) is 0 Å². The lowest BCUT2D eigenvalue weighted by atomic mass is 10.0. The fraction of sp³-hybridized carbons (Fsp3) is 0.318. The largest absolute Gasteiger partial charge is 0.367 e. The Morgan fingerprint density at radius 1 is 1.34 bits per heavy atom. The van der Waals surface area contributed by atoms with Crippen LogP contribution in [0.4, 0.5) is 0 Å². The maximum atomic E-state index is 12.4. The van der Waals surface area contributed by atoms with Crippen LogP contribution in [0.5, 0.6) is 0 Å². The van der Waals surface area contributed by atoms with E-state index < -0.39 is 12.1 Å². The van der Waals surface area contributed by atoms with Crippen LogP contribution in [0, 0.1) is 11.3 Å². The van der Waals surface area contributed by atoms with Gasteiger partial charge in [0.1, 0.15) is 12.1 Å². The first-order valence-electron chi connectivity index (χ1n) is 9.77. The number of carbonyl (C=O) groups is 1. The Hall–Kier alpha value is -3.21. The van der Waals surface area contributed by atoms with Gasteiger partial charge >= 0.3 is 0 Å². The van der Waals surface area contributed by atoms with E-state index in [0.717, 1.165) is 40.7 Å². The van der Waals surface area contributed by atoms with E-state index in [-0.39, 0.29) is 5.91 Å². The van der Waals surface area contributed by atoms with Gasteiger partial charge in [-0.1, -0.05) is 24.3 Å². The zero-order valence-corrected chi connectivity index (χ0v) is 16.0. The van der Waals surface area contributed by atoms with Crippen LogP contribution in [0.1, 0.15) is 12.0 Å². The highest BCUT2D eigenvalue weighted by molar-refractivity contribution is 5.85. The fourth-order valence-corrected chi connectivity index (χ4v) is 3.46. The normalized spacial score (nSPS) is 18.0. The molecule has 148 valence electrons. The SMILES string of the molecule is N#C[C@H](Cc1ccc(-c2cc3ccncc3[nH]2)cc1)NC(=O)[C@@H]1CNCCCO1. The van der Waals surface area contributed by atoms with Crippen LogP contribution in [0.3, 0.4) is 0 Å². The summed E-state index contributed by atoms with van der Waals surface area (Å²) in [7, 11) is 0. The molecule has 0 unspecified atom stereocenters. The topological polar surface area (TPSA) is 103 Å². The average Bonchev–Trinajstić information content (AvgIpc) is 2.99.